The van der Waals surface area contributed by atoms with Crippen LogP contribution in [-0.4, -0.2) is 11.1 Å². The maximum Gasteiger partial charge on any atom is 0.345 e. The smallest absolute Gasteiger partial charge is 0.345 e. The predicted octanol–water partition coefficient (Wildman–Crippen LogP) is 3.11. The van der Waals surface area contributed by atoms with Crippen LogP contribution in [0.5, 0.6) is 0 Å². The van der Waals surface area contributed by atoms with E-state index in [1.54, 1.807) is 17.4 Å². The maximum absolute atomic E-state index is 10.7. The number of aryl methyl sites for hydroxylation is 1. The SMILES string of the molecule is Cc1cscc1CNCc1ccc(C(=O)O)s1. The van der Waals surface area contributed by atoms with Crippen molar-refractivity contribution >= 4 is 28.6 Å². The molecular formula is C12H13NO2S2. The zero-order valence-electron chi connectivity index (χ0n) is 9.40. The second-order valence-electron chi connectivity index (χ2n) is 3.75. The fourth-order valence-corrected chi connectivity index (χ4v) is 3.15. The van der Waals surface area contributed by atoms with Crippen LogP contribution in [0.3, 0.4) is 0 Å². The summed E-state index contributed by atoms with van der Waals surface area (Å²) < 4.78 is 0. The highest BCUT2D eigenvalue weighted by atomic mass is 32.1. The van der Waals surface area contributed by atoms with Crippen molar-refractivity contribution in [1.82, 2.24) is 5.32 Å². The molecule has 2 aromatic heterocycles. The second kappa shape index (κ2) is 5.44. The van der Waals surface area contributed by atoms with Gasteiger partial charge < -0.3 is 10.4 Å². The van der Waals surface area contributed by atoms with Crippen LogP contribution >= 0.6 is 22.7 Å². The van der Waals surface area contributed by atoms with Crippen molar-refractivity contribution in [2.24, 2.45) is 0 Å². The standard InChI is InChI=1S/C12H13NO2S2/c1-8-6-16-7-9(8)4-13-5-10-2-3-11(17-10)12(14)15/h2-3,6-7,13H,4-5H2,1H3,(H,14,15). The van der Waals surface area contributed by atoms with E-state index in [-0.39, 0.29) is 0 Å². The minimum absolute atomic E-state index is 0.397. The summed E-state index contributed by atoms with van der Waals surface area (Å²) in [6.07, 6.45) is 0. The molecule has 0 spiro atoms. The largest absolute Gasteiger partial charge is 0.477 e. The Kier molecular flexibility index (Phi) is 3.93. The average molecular weight is 267 g/mol. The zero-order valence-corrected chi connectivity index (χ0v) is 11.0. The first kappa shape index (κ1) is 12.3. The van der Waals surface area contributed by atoms with E-state index in [1.165, 1.54) is 22.5 Å². The van der Waals surface area contributed by atoms with Gasteiger partial charge in [-0.15, -0.1) is 11.3 Å². The lowest BCUT2D eigenvalue weighted by atomic mass is 10.2. The fraction of sp³-hybridized carbons (Fsp3) is 0.250. The number of hydrogen-bond acceptors (Lipinski definition) is 4. The molecule has 0 aliphatic rings. The molecule has 0 aromatic carbocycles. The van der Waals surface area contributed by atoms with E-state index in [0.29, 0.717) is 11.4 Å². The Balaban J connectivity index is 1.86. The third-order valence-electron chi connectivity index (χ3n) is 2.45. The summed E-state index contributed by atoms with van der Waals surface area (Å²) in [5.74, 6) is -0.852. The van der Waals surface area contributed by atoms with Crippen molar-refractivity contribution in [3.8, 4) is 0 Å². The highest BCUT2D eigenvalue weighted by Gasteiger charge is 2.06. The Morgan fingerprint density at radius 2 is 2.18 bits per heavy atom. The summed E-state index contributed by atoms with van der Waals surface area (Å²) in [6, 6.07) is 3.52. The van der Waals surface area contributed by atoms with Crippen LogP contribution in [0.15, 0.2) is 22.9 Å². The van der Waals surface area contributed by atoms with Crippen molar-refractivity contribution < 1.29 is 9.90 Å². The van der Waals surface area contributed by atoms with E-state index in [4.69, 9.17) is 5.11 Å². The zero-order chi connectivity index (χ0) is 12.3. The van der Waals surface area contributed by atoms with Gasteiger partial charge in [-0.1, -0.05) is 0 Å². The number of carboxylic acid groups (broad SMARTS) is 1. The molecule has 0 atom stereocenters. The molecule has 0 bridgehead atoms. The van der Waals surface area contributed by atoms with Gasteiger partial charge >= 0.3 is 5.97 Å². The van der Waals surface area contributed by atoms with Gasteiger partial charge in [-0.05, 0) is 40.9 Å². The molecular weight excluding hydrogens is 254 g/mol. The lowest BCUT2D eigenvalue weighted by molar-refractivity contribution is 0.0702. The molecule has 3 nitrogen and oxygen atoms in total. The molecule has 0 aliphatic carbocycles. The molecule has 0 fully saturated rings. The van der Waals surface area contributed by atoms with Gasteiger partial charge in [-0.3, -0.25) is 0 Å². The third kappa shape index (κ3) is 3.15. The molecule has 17 heavy (non-hydrogen) atoms. The van der Waals surface area contributed by atoms with E-state index < -0.39 is 5.97 Å². The molecule has 2 rings (SSSR count). The van der Waals surface area contributed by atoms with Crippen LogP contribution in [-0.2, 0) is 13.1 Å². The van der Waals surface area contributed by atoms with Crippen molar-refractivity contribution in [1.29, 1.82) is 0 Å². The Hall–Kier alpha value is -1.17. The average Bonchev–Trinajstić information content (AvgIpc) is 2.89. The summed E-state index contributed by atoms with van der Waals surface area (Å²) in [5.41, 5.74) is 2.62. The monoisotopic (exact) mass is 267 g/mol. The Morgan fingerprint density at radius 3 is 2.76 bits per heavy atom. The minimum Gasteiger partial charge on any atom is -0.477 e. The second-order valence-corrected chi connectivity index (χ2v) is 5.67. The summed E-state index contributed by atoms with van der Waals surface area (Å²) in [7, 11) is 0. The summed E-state index contributed by atoms with van der Waals surface area (Å²) >= 11 is 3.03. The van der Waals surface area contributed by atoms with Crippen LogP contribution in [0.2, 0.25) is 0 Å². The van der Waals surface area contributed by atoms with Crippen molar-refractivity contribution in [3.63, 3.8) is 0 Å². The topological polar surface area (TPSA) is 49.3 Å². The van der Waals surface area contributed by atoms with Crippen molar-refractivity contribution in [3.05, 3.63) is 43.8 Å². The molecule has 0 saturated heterocycles. The van der Waals surface area contributed by atoms with Gasteiger partial charge in [0.1, 0.15) is 4.88 Å². The molecule has 0 radical (unpaired) electrons. The first-order valence-electron chi connectivity index (χ1n) is 5.21. The summed E-state index contributed by atoms with van der Waals surface area (Å²) in [5, 5.41) is 16.4. The molecule has 2 N–H and O–H groups in total. The van der Waals surface area contributed by atoms with Crippen molar-refractivity contribution in [2.75, 3.05) is 0 Å². The minimum atomic E-state index is -0.852. The number of aromatic carboxylic acids is 1. The molecule has 0 amide bonds. The lowest BCUT2D eigenvalue weighted by Crippen LogP contribution is -2.11. The first-order chi connectivity index (χ1) is 8.16. The third-order valence-corrected chi connectivity index (χ3v) is 4.43. The molecule has 2 heterocycles. The lowest BCUT2D eigenvalue weighted by Gasteiger charge is -2.02. The van der Waals surface area contributed by atoms with Gasteiger partial charge in [0.05, 0.1) is 0 Å². The number of thiophene rings is 2. The fourth-order valence-electron chi connectivity index (χ4n) is 1.48. The van der Waals surface area contributed by atoms with E-state index in [9.17, 15) is 4.79 Å². The summed E-state index contributed by atoms with van der Waals surface area (Å²) in [6.45, 7) is 3.64. The molecule has 90 valence electrons. The highest BCUT2D eigenvalue weighted by Crippen LogP contribution is 2.17. The molecule has 2 aromatic rings. The van der Waals surface area contributed by atoms with E-state index in [2.05, 4.69) is 23.0 Å². The predicted molar refractivity (Wildman–Crippen MR) is 70.9 cm³/mol. The number of rotatable bonds is 5. The quantitative estimate of drug-likeness (QED) is 0.875. The van der Waals surface area contributed by atoms with E-state index >= 15 is 0 Å². The van der Waals surface area contributed by atoms with Gasteiger partial charge in [0, 0.05) is 18.0 Å². The number of hydrogen-bond donors (Lipinski definition) is 2. The molecule has 0 unspecified atom stereocenters. The Morgan fingerprint density at radius 1 is 1.35 bits per heavy atom. The van der Waals surface area contributed by atoms with Gasteiger partial charge in [-0.2, -0.15) is 11.3 Å². The van der Waals surface area contributed by atoms with Gasteiger partial charge in [-0.25, -0.2) is 4.79 Å². The van der Waals surface area contributed by atoms with Crippen LogP contribution in [0.25, 0.3) is 0 Å². The Bertz CT molecular complexity index is 516. The van der Waals surface area contributed by atoms with Crippen LogP contribution in [0.4, 0.5) is 0 Å². The van der Waals surface area contributed by atoms with Crippen LogP contribution < -0.4 is 5.32 Å². The summed E-state index contributed by atoms with van der Waals surface area (Å²) in [4.78, 5) is 12.2. The first-order valence-corrected chi connectivity index (χ1v) is 6.97. The van der Waals surface area contributed by atoms with E-state index in [0.717, 1.165) is 11.4 Å². The maximum atomic E-state index is 10.7. The molecule has 0 saturated carbocycles. The van der Waals surface area contributed by atoms with Crippen molar-refractivity contribution in [2.45, 2.75) is 20.0 Å². The number of carbonyl (C=O) groups is 1. The molecule has 5 heteroatoms. The van der Waals surface area contributed by atoms with Gasteiger partial charge in [0.15, 0.2) is 0 Å². The Labute approximate surface area is 108 Å². The number of nitrogens with one attached hydrogen (secondary N) is 1. The number of carboxylic acids is 1. The van der Waals surface area contributed by atoms with Gasteiger partial charge in [0.25, 0.3) is 0 Å². The van der Waals surface area contributed by atoms with Gasteiger partial charge in [0.2, 0.25) is 0 Å². The highest BCUT2D eigenvalue weighted by molar-refractivity contribution is 7.13. The van der Waals surface area contributed by atoms with Crippen LogP contribution in [0, 0.1) is 6.92 Å². The normalized spacial score (nSPS) is 10.6. The van der Waals surface area contributed by atoms with E-state index in [1.807, 2.05) is 6.07 Å². The van der Waals surface area contributed by atoms with Crippen LogP contribution in [0.1, 0.15) is 25.7 Å². The molecule has 0 aliphatic heterocycles.